The first kappa shape index (κ1) is 20.2. The van der Waals surface area contributed by atoms with E-state index >= 15 is 0 Å². The van der Waals surface area contributed by atoms with Gasteiger partial charge < -0.3 is 19.3 Å². The van der Waals surface area contributed by atoms with Gasteiger partial charge in [0, 0.05) is 11.6 Å². The van der Waals surface area contributed by atoms with Gasteiger partial charge in [0.2, 0.25) is 5.91 Å². The van der Waals surface area contributed by atoms with Crippen LogP contribution in [0.1, 0.15) is 38.5 Å². The molecule has 0 saturated carbocycles. The molecule has 0 aliphatic rings. The third-order valence-corrected chi connectivity index (χ3v) is 3.56. The van der Waals surface area contributed by atoms with E-state index in [-0.39, 0.29) is 19.6 Å². The molecule has 8 heteroatoms. The summed E-state index contributed by atoms with van der Waals surface area (Å²) in [7, 11) is 0. The number of amides is 1. The Morgan fingerprint density at radius 3 is 2.41 bits per heavy atom. The quantitative estimate of drug-likeness (QED) is 0.530. The number of rotatable bonds is 9. The molecule has 2 rings (SSSR count). The van der Waals surface area contributed by atoms with Crippen LogP contribution in [0.4, 0.5) is 0 Å². The smallest absolute Gasteiger partial charge is 0.315 e. The van der Waals surface area contributed by atoms with E-state index in [4.69, 9.17) is 14.0 Å². The largest absolute Gasteiger partial charge is 0.466 e. The molecule has 0 bridgehead atoms. The number of nitrogens with zero attached hydrogens (tertiary/aromatic N) is 1. The number of aromatic nitrogens is 1. The number of nitrogens with one attached hydrogen (secondary N) is 1. The first-order chi connectivity index (χ1) is 13.0. The van der Waals surface area contributed by atoms with Crippen LogP contribution >= 0.6 is 0 Å². The minimum absolute atomic E-state index is 0.147. The van der Waals surface area contributed by atoms with E-state index in [9.17, 15) is 14.4 Å². The Morgan fingerprint density at radius 1 is 1.07 bits per heavy atom. The highest BCUT2D eigenvalue weighted by Crippen LogP contribution is 2.24. The van der Waals surface area contributed by atoms with Crippen LogP contribution in [-0.4, -0.2) is 36.2 Å². The summed E-state index contributed by atoms with van der Waals surface area (Å²) in [6.45, 7) is 3.74. The molecule has 0 aliphatic heterocycles. The Morgan fingerprint density at radius 2 is 1.74 bits per heavy atom. The zero-order valence-corrected chi connectivity index (χ0v) is 15.3. The zero-order chi connectivity index (χ0) is 19.6. The van der Waals surface area contributed by atoms with Crippen molar-refractivity contribution in [2.24, 2.45) is 0 Å². The van der Waals surface area contributed by atoms with Crippen molar-refractivity contribution in [3.05, 3.63) is 42.2 Å². The van der Waals surface area contributed by atoms with Crippen LogP contribution in [0.5, 0.6) is 0 Å². The highest BCUT2D eigenvalue weighted by molar-refractivity contribution is 5.94. The van der Waals surface area contributed by atoms with Gasteiger partial charge >= 0.3 is 11.9 Å². The van der Waals surface area contributed by atoms with Crippen molar-refractivity contribution in [3.8, 4) is 11.3 Å². The van der Waals surface area contributed by atoms with Crippen molar-refractivity contribution < 1.29 is 28.4 Å². The lowest BCUT2D eigenvalue weighted by atomic mass is 10.1. The predicted octanol–water partition coefficient (Wildman–Crippen LogP) is 2.41. The Bertz CT molecular complexity index is 772. The van der Waals surface area contributed by atoms with Gasteiger partial charge in [0.25, 0.3) is 0 Å². The summed E-state index contributed by atoms with van der Waals surface area (Å²) >= 11 is 0. The average Bonchev–Trinajstić information content (AvgIpc) is 3.12. The Balaban J connectivity index is 2.14. The summed E-state index contributed by atoms with van der Waals surface area (Å²) in [5, 5.41) is 6.59. The van der Waals surface area contributed by atoms with Crippen LogP contribution in [0.15, 0.2) is 40.9 Å². The number of carbonyl (C=O) groups excluding carboxylic acids is 3. The van der Waals surface area contributed by atoms with E-state index in [2.05, 4.69) is 10.5 Å². The molecular weight excluding hydrogens is 352 g/mol. The fraction of sp³-hybridized carbons (Fsp3) is 0.368. The van der Waals surface area contributed by atoms with Gasteiger partial charge in [0.15, 0.2) is 5.76 Å². The number of ether oxygens (including phenoxy) is 2. The zero-order valence-electron chi connectivity index (χ0n) is 15.3. The lowest BCUT2D eigenvalue weighted by Crippen LogP contribution is -2.32. The molecule has 1 heterocycles. The van der Waals surface area contributed by atoms with Gasteiger partial charge in [-0.15, -0.1) is 0 Å². The molecule has 0 aliphatic carbocycles. The van der Waals surface area contributed by atoms with Crippen LogP contribution in [0.3, 0.4) is 0 Å². The average molecular weight is 374 g/mol. The fourth-order valence-corrected chi connectivity index (χ4v) is 2.40. The third kappa shape index (κ3) is 6.25. The Labute approximate surface area is 156 Å². The van der Waals surface area contributed by atoms with E-state index in [1.165, 1.54) is 0 Å². The molecule has 0 radical (unpaired) electrons. The molecule has 1 N–H and O–H groups in total. The van der Waals surface area contributed by atoms with Crippen molar-refractivity contribution in [2.45, 2.75) is 32.7 Å². The second-order valence-corrected chi connectivity index (χ2v) is 5.59. The number of hydrogen-bond acceptors (Lipinski definition) is 7. The molecular formula is C19H22N2O6. The van der Waals surface area contributed by atoms with Gasteiger partial charge in [0.05, 0.1) is 19.6 Å². The maximum absolute atomic E-state index is 12.1. The van der Waals surface area contributed by atoms with E-state index in [1.54, 1.807) is 19.9 Å². The molecule has 8 nitrogen and oxygen atoms in total. The summed E-state index contributed by atoms with van der Waals surface area (Å²) in [4.78, 5) is 35.5. The van der Waals surface area contributed by atoms with E-state index in [1.807, 2.05) is 30.3 Å². The predicted molar refractivity (Wildman–Crippen MR) is 95.3 cm³/mol. The first-order valence-corrected chi connectivity index (χ1v) is 8.66. The van der Waals surface area contributed by atoms with Gasteiger partial charge in [-0.2, -0.15) is 0 Å². The van der Waals surface area contributed by atoms with Crippen LogP contribution in [0.2, 0.25) is 0 Å². The molecule has 0 saturated heterocycles. The van der Waals surface area contributed by atoms with Crippen molar-refractivity contribution in [1.29, 1.82) is 0 Å². The summed E-state index contributed by atoms with van der Waals surface area (Å²) in [6, 6.07) is 10.2. The summed E-state index contributed by atoms with van der Waals surface area (Å²) in [6.07, 6.45) is -0.599. The molecule has 1 aromatic carbocycles. The fourth-order valence-electron chi connectivity index (χ4n) is 2.40. The van der Waals surface area contributed by atoms with Crippen LogP contribution in [0.25, 0.3) is 11.3 Å². The highest BCUT2D eigenvalue weighted by atomic mass is 16.5. The molecule has 1 atom stereocenters. The summed E-state index contributed by atoms with van der Waals surface area (Å²) < 4.78 is 15.0. The van der Waals surface area contributed by atoms with Gasteiger partial charge in [-0.25, -0.2) is 0 Å². The molecule has 0 fully saturated rings. The molecule has 1 aromatic heterocycles. The minimum Gasteiger partial charge on any atom is -0.466 e. The number of esters is 2. The monoisotopic (exact) mass is 374 g/mol. The van der Waals surface area contributed by atoms with Gasteiger partial charge in [-0.05, 0) is 13.8 Å². The normalized spacial score (nSPS) is 11.5. The van der Waals surface area contributed by atoms with Gasteiger partial charge in [-0.3, -0.25) is 14.4 Å². The number of carbonyl (C=O) groups is 3. The van der Waals surface area contributed by atoms with Crippen LogP contribution in [0, 0.1) is 0 Å². The third-order valence-electron chi connectivity index (χ3n) is 3.56. The molecule has 27 heavy (non-hydrogen) atoms. The lowest BCUT2D eigenvalue weighted by molar-refractivity contribution is -0.146. The molecule has 2 aromatic rings. The number of hydrogen-bond donors (Lipinski definition) is 1. The topological polar surface area (TPSA) is 108 Å². The Kier molecular flexibility index (Phi) is 7.54. The van der Waals surface area contributed by atoms with Gasteiger partial charge in [0.1, 0.15) is 18.2 Å². The van der Waals surface area contributed by atoms with Crippen LogP contribution < -0.4 is 5.32 Å². The summed E-state index contributed by atoms with van der Waals surface area (Å²) in [5.74, 6) is -1.44. The number of benzene rings is 1. The molecule has 0 spiro atoms. The minimum atomic E-state index is -0.809. The first-order valence-electron chi connectivity index (χ1n) is 8.66. The van der Waals surface area contributed by atoms with Crippen molar-refractivity contribution in [1.82, 2.24) is 10.5 Å². The standard InChI is InChI=1S/C19H22N2O6/c1-3-25-18(23)11-15(20-17(22)12-19(24)26-4-2)16-10-14(21-27-16)13-8-6-5-7-9-13/h5-10,15H,3-4,11-12H2,1-2H3,(H,20,22). The van der Waals surface area contributed by atoms with Crippen molar-refractivity contribution in [3.63, 3.8) is 0 Å². The van der Waals surface area contributed by atoms with Crippen LogP contribution in [-0.2, 0) is 23.9 Å². The lowest BCUT2D eigenvalue weighted by Gasteiger charge is -2.15. The molecule has 1 unspecified atom stereocenters. The highest BCUT2D eigenvalue weighted by Gasteiger charge is 2.25. The maximum Gasteiger partial charge on any atom is 0.315 e. The summed E-state index contributed by atoms with van der Waals surface area (Å²) in [5.41, 5.74) is 1.40. The second kappa shape index (κ2) is 10.1. The van der Waals surface area contributed by atoms with E-state index in [0.717, 1.165) is 5.56 Å². The second-order valence-electron chi connectivity index (χ2n) is 5.59. The van der Waals surface area contributed by atoms with E-state index < -0.39 is 30.3 Å². The maximum atomic E-state index is 12.1. The Hall–Kier alpha value is -3.16. The van der Waals surface area contributed by atoms with E-state index in [0.29, 0.717) is 11.5 Å². The van der Waals surface area contributed by atoms with Gasteiger partial charge in [-0.1, -0.05) is 35.5 Å². The molecule has 144 valence electrons. The molecule has 1 amide bonds. The SMILES string of the molecule is CCOC(=O)CC(=O)NC(CC(=O)OCC)c1cc(-c2ccccc2)no1. The van der Waals surface area contributed by atoms with Crippen molar-refractivity contribution >= 4 is 17.8 Å². The van der Waals surface area contributed by atoms with Crippen molar-refractivity contribution in [2.75, 3.05) is 13.2 Å².